The van der Waals surface area contributed by atoms with Crippen LogP contribution >= 0.6 is 0 Å². The molecule has 1 aliphatic carbocycles. The highest BCUT2D eigenvalue weighted by atomic mass is 16.7. The number of carbonyl (C=O) groups excluding carboxylic acids is 1. The molecule has 70 valence electrons. The second kappa shape index (κ2) is 4.98. The summed E-state index contributed by atoms with van der Waals surface area (Å²) in [5, 5.41) is 0. The van der Waals surface area contributed by atoms with Crippen LogP contribution < -0.4 is 5.73 Å². The van der Waals surface area contributed by atoms with Crippen molar-refractivity contribution in [3.05, 3.63) is 0 Å². The van der Waals surface area contributed by atoms with Crippen molar-refractivity contribution in [2.75, 3.05) is 13.2 Å². The van der Waals surface area contributed by atoms with Gasteiger partial charge in [0, 0.05) is 6.54 Å². The Morgan fingerprint density at radius 1 is 1.42 bits per heavy atom. The molecule has 0 saturated heterocycles. The zero-order valence-electron chi connectivity index (χ0n) is 7.12. The molecule has 0 atom stereocenters. The molecule has 4 nitrogen and oxygen atoms in total. The van der Waals surface area contributed by atoms with Crippen molar-refractivity contribution in [3.8, 4) is 0 Å². The van der Waals surface area contributed by atoms with E-state index in [-0.39, 0.29) is 12.7 Å². The molecule has 0 bridgehead atoms. The average Bonchev–Trinajstić information content (AvgIpc) is 2.53. The van der Waals surface area contributed by atoms with Gasteiger partial charge in [0.15, 0.2) is 0 Å². The number of nitrogens with two attached hydrogens (primary N) is 1. The van der Waals surface area contributed by atoms with E-state index in [2.05, 4.69) is 4.74 Å². The van der Waals surface area contributed by atoms with Gasteiger partial charge in [-0.2, -0.15) is 0 Å². The Hall–Kier alpha value is -0.770. The topological polar surface area (TPSA) is 61.5 Å². The van der Waals surface area contributed by atoms with Crippen LogP contribution in [0.15, 0.2) is 0 Å². The largest absolute Gasteiger partial charge is 0.508 e. The molecule has 4 heteroatoms. The first-order valence-corrected chi connectivity index (χ1v) is 4.36. The number of hydrogen-bond donors (Lipinski definition) is 1. The minimum Gasteiger partial charge on any atom is -0.433 e. The second-order valence-corrected chi connectivity index (χ2v) is 2.91. The van der Waals surface area contributed by atoms with Crippen molar-refractivity contribution in [1.82, 2.24) is 0 Å². The van der Waals surface area contributed by atoms with Gasteiger partial charge < -0.3 is 15.2 Å². The van der Waals surface area contributed by atoms with Crippen LogP contribution in [0, 0.1) is 0 Å². The van der Waals surface area contributed by atoms with Gasteiger partial charge in [-0.3, -0.25) is 0 Å². The van der Waals surface area contributed by atoms with Gasteiger partial charge in [-0.25, -0.2) is 4.79 Å². The first-order chi connectivity index (χ1) is 5.83. The van der Waals surface area contributed by atoms with Gasteiger partial charge in [-0.15, -0.1) is 0 Å². The lowest BCUT2D eigenvalue weighted by Crippen LogP contribution is -2.19. The van der Waals surface area contributed by atoms with E-state index in [1.807, 2.05) is 0 Å². The highest BCUT2D eigenvalue weighted by Crippen LogP contribution is 2.21. The van der Waals surface area contributed by atoms with Crippen molar-refractivity contribution in [2.45, 2.75) is 31.8 Å². The van der Waals surface area contributed by atoms with Gasteiger partial charge in [0.05, 0.1) is 0 Å². The Kier molecular flexibility index (Phi) is 3.87. The lowest BCUT2D eigenvalue weighted by molar-refractivity contribution is 0.0274. The van der Waals surface area contributed by atoms with Crippen molar-refractivity contribution < 1.29 is 14.3 Å². The van der Waals surface area contributed by atoms with Crippen molar-refractivity contribution >= 4 is 6.16 Å². The maximum absolute atomic E-state index is 10.9. The van der Waals surface area contributed by atoms with E-state index in [0.717, 1.165) is 25.7 Å². The third-order valence-corrected chi connectivity index (χ3v) is 1.90. The minimum atomic E-state index is -0.577. The predicted molar refractivity (Wildman–Crippen MR) is 43.7 cm³/mol. The monoisotopic (exact) mass is 173 g/mol. The fraction of sp³-hybridized carbons (Fsp3) is 0.875. The Bertz CT molecular complexity index is 143. The molecule has 1 aliphatic rings. The standard InChI is InChI=1S/C8H15NO3/c9-5-6-11-8(10)12-7-3-1-2-4-7/h7H,1-6,9H2. The highest BCUT2D eigenvalue weighted by molar-refractivity contribution is 5.60. The van der Waals surface area contributed by atoms with Crippen LogP contribution in [0.25, 0.3) is 0 Å². The smallest absolute Gasteiger partial charge is 0.433 e. The summed E-state index contributed by atoms with van der Waals surface area (Å²) in [5.41, 5.74) is 5.15. The van der Waals surface area contributed by atoms with E-state index < -0.39 is 6.16 Å². The molecule has 0 aromatic carbocycles. The lowest BCUT2D eigenvalue weighted by atomic mass is 10.3. The molecule has 0 spiro atoms. The molecule has 0 radical (unpaired) electrons. The van der Waals surface area contributed by atoms with Crippen LogP contribution in [0.2, 0.25) is 0 Å². The molecule has 0 aromatic heterocycles. The Balaban J connectivity index is 2.08. The van der Waals surface area contributed by atoms with E-state index in [4.69, 9.17) is 10.5 Å². The summed E-state index contributed by atoms with van der Waals surface area (Å²) in [4.78, 5) is 10.9. The molecule has 1 saturated carbocycles. The zero-order chi connectivity index (χ0) is 8.81. The zero-order valence-corrected chi connectivity index (χ0v) is 7.12. The van der Waals surface area contributed by atoms with Crippen LogP contribution in [0.5, 0.6) is 0 Å². The SMILES string of the molecule is NCCOC(=O)OC1CCCC1. The fourth-order valence-corrected chi connectivity index (χ4v) is 1.32. The molecular weight excluding hydrogens is 158 g/mol. The number of rotatable bonds is 3. The van der Waals surface area contributed by atoms with Crippen LogP contribution in [-0.2, 0) is 9.47 Å². The van der Waals surface area contributed by atoms with E-state index in [1.165, 1.54) is 0 Å². The van der Waals surface area contributed by atoms with Crippen LogP contribution in [0.3, 0.4) is 0 Å². The summed E-state index contributed by atoms with van der Waals surface area (Å²) in [5.74, 6) is 0. The Labute approximate surface area is 72.0 Å². The predicted octanol–water partition coefficient (Wildman–Crippen LogP) is 1.04. The average molecular weight is 173 g/mol. The quantitative estimate of drug-likeness (QED) is 0.648. The second-order valence-electron chi connectivity index (χ2n) is 2.91. The molecule has 2 N–H and O–H groups in total. The summed E-state index contributed by atoms with van der Waals surface area (Å²) in [6, 6.07) is 0. The molecule has 0 unspecified atom stereocenters. The number of hydrogen-bond acceptors (Lipinski definition) is 4. The van der Waals surface area contributed by atoms with E-state index in [1.54, 1.807) is 0 Å². The molecule has 1 fully saturated rings. The van der Waals surface area contributed by atoms with Crippen LogP contribution in [0.1, 0.15) is 25.7 Å². The molecule has 0 aromatic rings. The van der Waals surface area contributed by atoms with Crippen LogP contribution in [-0.4, -0.2) is 25.4 Å². The summed E-state index contributed by atoms with van der Waals surface area (Å²) < 4.78 is 9.66. The maximum atomic E-state index is 10.9. The molecule has 0 amide bonds. The van der Waals surface area contributed by atoms with Crippen LogP contribution in [0.4, 0.5) is 4.79 Å². The molecular formula is C8H15NO3. The van der Waals surface area contributed by atoms with Gasteiger partial charge >= 0.3 is 6.16 Å². The van der Waals surface area contributed by atoms with Gasteiger partial charge in [0.2, 0.25) is 0 Å². The highest BCUT2D eigenvalue weighted by Gasteiger charge is 2.19. The summed E-state index contributed by atoms with van der Waals surface area (Å²) in [6.45, 7) is 0.589. The summed E-state index contributed by atoms with van der Waals surface area (Å²) in [7, 11) is 0. The third kappa shape index (κ3) is 3.09. The van der Waals surface area contributed by atoms with Crippen molar-refractivity contribution in [1.29, 1.82) is 0 Å². The minimum absolute atomic E-state index is 0.0790. The summed E-state index contributed by atoms with van der Waals surface area (Å²) >= 11 is 0. The lowest BCUT2D eigenvalue weighted by Gasteiger charge is -2.10. The number of ether oxygens (including phenoxy) is 2. The van der Waals surface area contributed by atoms with Crippen molar-refractivity contribution in [3.63, 3.8) is 0 Å². The first kappa shape index (κ1) is 9.32. The maximum Gasteiger partial charge on any atom is 0.508 e. The van der Waals surface area contributed by atoms with Gasteiger partial charge in [0.25, 0.3) is 0 Å². The molecule has 0 heterocycles. The normalized spacial score (nSPS) is 17.8. The fourth-order valence-electron chi connectivity index (χ4n) is 1.32. The van der Waals surface area contributed by atoms with E-state index >= 15 is 0 Å². The number of carbonyl (C=O) groups is 1. The van der Waals surface area contributed by atoms with Crippen molar-refractivity contribution in [2.24, 2.45) is 5.73 Å². The van der Waals surface area contributed by atoms with Gasteiger partial charge in [-0.1, -0.05) is 0 Å². The van der Waals surface area contributed by atoms with E-state index in [9.17, 15) is 4.79 Å². The first-order valence-electron chi connectivity index (χ1n) is 4.36. The summed E-state index contributed by atoms with van der Waals surface area (Å²) in [6.07, 6.45) is 3.74. The van der Waals surface area contributed by atoms with Gasteiger partial charge in [0.1, 0.15) is 12.7 Å². The molecule has 1 rings (SSSR count). The Morgan fingerprint density at radius 2 is 2.08 bits per heavy atom. The van der Waals surface area contributed by atoms with Gasteiger partial charge in [-0.05, 0) is 25.7 Å². The third-order valence-electron chi connectivity index (χ3n) is 1.90. The molecule has 12 heavy (non-hydrogen) atoms. The van der Waals surface area contributed by atoms with E-state index in [0.29, 0.717) is 6.54 Å². The Morgan fingerprint density at radius 3 is 2.67 bits per heavy atom. The molecule has 0 aliphatic heterocycles.